The van der Waals surface area contributed by atoms with Crippen molar-refractivity contribution in [1.29, 1.82) is 0 Å². The van der Waals surface area contributed by atoms with Gasteiger partial charge in [-0.25, -0.2) is 0 Å². The van der Waals surface area contributed by atoms with E-state index in [2.05, 4.69) is 46.8 Å². The molecule has 0 radical (unpaired) electrons. The van der Waals surface area contributed by atoms with Crippen molar-refractivity contribution in [3.63, 3.8) is 0 Å². The molecule has 1 heterocycles. The predicted molar refractivity (Wildman–Crippen MR) is 114 cm³/mol. The van der Waals surface area contributed by atoms with Crippen molar-refractivity contribution in [2.75, 3.05) is 6.61 Å². The summed E-state index contributed by atoms with van der Waals surface area (Å²) in [5.41, 5.74) is 0.583. The highest BCUT2D eigenvalue weighted by molar-refractivity contribution is 5.95. The van der Waals surface area contributed by atoms with Crippen LogP contribution in [0.25, 0.3) is 0 Å². The average molecular weight is 413 g/mol. The van der Waals surface area contributed by atoms with Crippen LogP contribution in [-0.2, 0) is 14.3 Å². The van der Waals surface area contributed by atoms with Gasteiger partial charge in [-0.2, -0.15) is 0 Å². The molecule has 5 aliphatic rings. The van der Waals surface area contributed by atoms with Gasteiger partial charge in [-0.05, 0) is 60.3 Å². The maximum atomic E-state index is 12.7. The molecule has 4 heteroatoms. The number of allylic oxidation sites excluding steroid dienone is 3. The zero-order valence-electron chi connectivity index (χ0n) is 19.0. The lowest BCUT2D eigenvalue weighted by Gasteiger charge is -2.66. The maximum absolute atomic E-state index is 12.7. The van der Waals surface area contributed by atoms with Crippen molar-refractivity contribution >= 4 is 11.8 Å². The van der Waals surface area contributed by atoms with Crippen molar-refractivity contribution in [1.82, 2.24) is 0 Å². The predicted octanol–water partition coefficient (Wildman–Crippen LogP) is 4.47. The Morgan fingerprint density at radius 2 is 1.83 bits per heavy atom. The maximum Gasteiger partial charge on any atom is 0.306 e. The van der Waals surface area contributed by atoms with Crippen LogP contribution in [-0.4, -0.2) is 29.6 Å². The van der Waals surface area contributed by atoms with Gasteiger partial charge in [0.2, 0.25) is 0 Å². The molecule has 1 saturated heterocycles. The number of aliphatic hydroxyl groups is 1. The first-order chi connectivity index (χ1) is 14.0. The second-order valence-electron chi connectivity index (χ2n) is 12.0. The lowest BCUT2D eigenvalue weighted by Crippen LogP contribution is -2.63. The third-order valence-corrected chi connectivity index (χ3v) is 10.5. The van der Waals surface area contributed by atoms with Gasteiger partial charge in [0.25, 0.3) is 0 Å². The van der Waals surface area contributed by atoms with Crippen molar-refractivity contribution in [2.24, 2.45) is 45.3 Å². The monoisotopic (exact) mass is 412 g/mol. The van der Waals surface area contributed by atoms with Crippen LogP contribution in [0.2, 0.25) is 0 Å². The fourth-order valence-electron chi connectivity index (χ4n) is 8.81. The molecule has 30 heavy (non-hydrogen) atoms. The summed E-state index contributed by atoms with van der Waals surface area (Å²) in [5, 5.41) is 11.6. The highest BCUT2D eigenvalue weighted by Crippen LogP contribution is 2.72. The Hall–Kier alpha value is -1.42. The Kier molecular flexibility index (Phi) is 4.16. The van der Waals surface area contributed by atoms with Gasteiger partial charge < -0.3 is 9.84 Å². The molecule has 1 aliphatic heterocycles. The minimum absolute atomic E-state index is 0.0117. The first-order valence-corrected chi connectivity index (χ1v) is 11.7. The Morgan fingerprint density at radius 1 is 1.10 bits per heavy atom. The Morgan fingerprint density at radius 3 is 2.50 bits per heavy atom. The minimum Gasteiger partial charge on any atom is -0.465 e. The zero-order chi connectivity index (χ0) is 21.7. The molecule has 0 aromatic carbocycles. The number of aliphatic hydroxyl groups excluding tert-OH is 1. The van der Waals surface area contributed by atoms with Crippen molar-refractivity contribution in [3.8, 4) is 0 Å². The topological polar surface area (TPSA) is 63.6 Å². The minimum atomic E-state index is -0.453. The molecule has 0 aromatic rings. The summed E-state index contributed by atoms with van der Waals surface area (Å²) in [5.74, 6) is 1.28. The van der Waals surface area contributed by atoms with Crippen LogP contribution in [0.5, 0.6) is 0 Å². The molecule has 5 rings (SSSR count). The van der Waals surface area contributed by atoms with Gasteiger partial charge in [0.15, 0.2) is 5.78 Å². The summed E-state index contributed by atoms with van der Waals surface area (Å²) >= 11 is 0. The molecule has 4 nitrogen and oxygen atoms in total. The Labute approximate surface area is 180 Å². The second-order valence-corrected chi connectivity index (χ2v) is 12.0. The molecular formula is C26H36O4. The van der Waals surface area contributed by atoms with Crippen LogP contribution in [0.1, 0.15) is 66.7 Å². The van der Waals surface area contributed by atoms with Crippen LogP contribution >= 0.6 is 0 Å². The summed E-state index contributed by atoms with van der Waals surface area (Å²) in [7, 11) is 0. The van der Waals surface area contributed by atoms with E-state index in [0.29, 0.717) is 31.3 Å². The molecule has 0 amide bonds. The highest BCUT2D eigenvalue weighted by atomic mass is 16.5. The highest BCUT2D eigenvalue weighted by Gasteiger charge is 2.67. The van der Waals surface area contributed by atoms with Gasteiger partial charge >= 0.3 is 5.97 Å². The number of carbonyl (C=O) groups is 2. The molecule has 0 bridgehead atoms. The number of cyclic esters (lactones) is 1. The number of ketones is 1. The van der Waals surface area contributed by atoms with E-state index >= 15 is 0 Å². The number of hydrogen-bond acceptors (Lipinski definition) is 4. The van der Waals surface area contributed by atoms with Gasteiger partial charge in [0.1, 0.15) is 0 Å². The van der Waals surface area contributed by atoms with Gasteiger partial charge in [0, 0.05) is 16.7 Å². The normalized spacial score (nSPS) is 51.7. The lowest BCUT2D eigenvalue weighted by atomic mass is 9.38. The Bertz CT molecular complexity index is 868. The fraction of sp³-hybridized carbons (Fsp3) is 0.769. The average Bonchev–Trinajstić information content (AvgIpc) is 3.25. The smallest absolute Gasteiger partial charge is 0.306 e. The van der Waals surface area contributed by atoms with E-state index in [9.17, 15) is 14.7 Å². The Balaban J connectivity index is 1.55. The van der Waals surface area contributed by atoms with Gasteiger partial charge in [-0.3, -0.25) is 9.59 Å². The summed E-state index contributed by atoms with van der Waals surface area (Å²) in [6.45, 7) is 11.6. The van der Waals surface area contributed by atoms with Gasteiger partial charge in [0.05, 0.1) is 19.1 Å². The van der Waals surface area contributed by atoms with Crippen molar-refractivity contribution in [3.05, 3.63) is 23.8 Å². The van der Waals surface area contributed by atoms with E-state index in [4.69, 9.17) is 4.74 Å². The van der Waals surface area contributed by atoms with Crippen LogP contribution in [0.3, 0.4) is 0 Å². The molecule has 0 aromatic heterocycles. The summed E-state index contributed by atoms with van der Waals surface area (Å²) < 4.78 is 5.32. The molecule has 2 saturated carbocycles. The second kappa shape index (κ2) is 6.09. The van der Waals surface area contributed by atoms with Crippen LogP contribution in [0.4, 0.5) is 0 Å². The number of ether oxygens (including phenoxy) is 1. The summed E-state index contributed by atoms with van der Waals surface area (Å²) in [4.78, 5) is 24.5. The number of carbonyl (C=O) groups excluding carboxylic acids is 2. The lowest BCUT2D eigenvalue weighted by molar-refractivity contribution is -0.165. The van der Waals surface area contributed by atoms with E-state index in [0.717, 1.165) is 19.3 Å². The summed E-state index contributed by atoms with van der Waals surface area (Å²) in [6.07, 6.45) is 10.2. The first kappa shape index (κ1) is 20.5. The van der Waals surface area contributed by atoms with Gasteiger partial charge in [-0.15, -0.1) is 0 Å². The molecule has 164 valence electrons. The van der Waals surface area contributed by atoms with Crippen LogP contribution < -0.4 is 0 Å². The zero-order valence-corrected chi connectivity index (χ0v) is 19.0. The molecule has 0 unspecified atom stereocenters. The van der Waals surface area contributed by atoms with E-state index in [1.165, 1.54) is 5.57 Å². The third-order valence-electron chi connectivity index (χ3n) is 10.5. The van der Waals surface area contributed by atoms with E-state index in [-0.39, 0.29) is 39.8 Å². The van der Waals surface area contributed by atoms with Crippen LogP contribution in [0.15, 0.2) is 23.8 Å². The first-order valence-electron chi connectivity index (χ1n) is 11.7. The number of esters is 1. The van der Waals surface area contributed by atoms with Crippen molar-refractivity contribution < 1.29 is 19.4 Å². The molecule has 3 fully saturated rings. The quantitative estimate of drug-likeness (QED) is 0.510. The third kappa shape index (κ3) is 2.32. The number of rotatable bonds is 1. The van der Waals surface area contributed by atoms with E-state index < -0.39 is 11.5 Å². The molecule has 8 atom stereocenters. The largest absolute Gasteiger partial charge is 0.465 e. The molecule has 0 spiro atoms. The standard InChI is InChI=1S/C26H36O4/c1-23(2)19-13-21(28)26(5)17-7-6-16(15-12-22(29)30-14-15)24(17,3)10-8-18(26)25(19,4)11-9-20(23)27/h7,9,11,15-16,18-19,21,28H,6,8,10,12-14H2,1-5H3/t15-,16-,18+,19-,21+,24-,25+,26-/m0/s1. The number of hydrogen-bond donors (Lipinski definition) is 1. The van der Waals surface area contributed by atoms with E-state index in [1.807, 2.05) is 6.08 Å². The molecule has 4 aliphatic carbocycles. The van der Waals surface area contributed by atoms with Crippen molar-refractivity contribution in [2.45, 2.75) is 72.8 Å². The fourth-order valence-corrected chi connectivity index (χ4v) is 8.81. The molecular weight excluding hydrogens is 376 g/mol. The van der Waals surface area contributed by atoms with Gasteiger partial charge in [-0.1, -0.05) is 52.3 Å². The number of fused-ring (bicyclic) bond motifs is 5. The van der Waals surface area contributed by atoms with E-state index in [1.54, 1.807) is 0 Å². The SMILES string of the molecule is CC1(C)C(=O)C=C[C@]2(C)[C@H]3CC[C@]4(C)C(=CC[C@H]4[C@@H]4COC(=O)C4)[C@]3(C)[C@H](O)C[C@@H]12. The van der Waals surface area contributed by atoms with Crippen LogP contribution in [0, 0.1) is 45.3 Å². The summed E-state index contributed by atoms with van der Waals surface area (Å²) in [6, 6.07) is 0. The molecule has 1 N–H and O–H groups in total.